The summed E-state index contributed by atoms with van der Waals surface area (Å²) in [6.45, 7) is 11.5. The third-order valence-corrected chi connectivity index (χ3v) is 8.91. The average molecular weight is 557 g/mol. The van der Waals surface area contributed by atoms with E-state index in [4.69, 9.17) is 24.4 Å². The minimum atomic E-state index is 0.169. The highest BCUT2D eigenvalue weighted by Gasteiger charge is 2.27. The third-order valence-electron chi connectivity index (χ3n) is 8.58. The molecule has 0 amide bonds. The molecule has 0 spiro atoms. The Hall–Kier alpha value is -0.220. The van der Waals surface area contributed by atoms with Crippen molar-refractivity contribution in [3.8, 4) is 0 Å². The Morgan fingerprint density at radius 3 is 1.38 bits per heavy atom. The summed E-state index contributed by atoms with van der Waals surface area (Å²) in [7, 11) is 0. The standard InChI is InChI=1S/C33H64O2S2/c1-6-10-14-16-20-28(18-12-8-3)23-30(25-32(34)36)22-27(5)31(26-33(35)37)24-29(19-13-9-4)21-17-15-11-7-2/h27-31H,6-26H2,1-5H3,(H,34,36)(H,35,37). The van der Waals surface area contributed by atoms with Gasteiger partial charge in [-0.1, -0.05) is 137 Å². The second kappa shape index (κ2) is 24.8. The van der Waals surface area contributed by atoms with Crippen LogP contribution in [0.25, 0.3) is 0 Å². The van der Waals surface area contributed by atoms with Gasteiger partial charge in [-0.15, -0.1) is 0 Å². The van der Waals surface area contributed by atoms with E-state index < -0.39 is 0 Å². The minimum absolute atomic E-state index is 0.169. The van der Waals surface area contributed by atoms with Gasteiger partial charge in [0.2, 0.25) is 0 Å². The van der Waals surface area contributed by atoms with Gasteiger partial charge in [-0.3, -0.25) is 0 Å². The van der Waals surface area contributed by atoms with E-state index in [1.807, 2.05) is 0 Å². The maximum Gasteiger partial charge on any atom is 0.156 e. The predicted molar refractivity (Wildman–Crippen MR) is 173 cm³/mol. The van der Waals surface area contributed by atoms with Crippen LogP contribution in [-0.4, -0.2) is 20.3 Å². The van der Waals surface area contributed by atoms with E-state index in [0.29, 0.717) is 30.6 Å². The van der Waals surface area contributed by atoms with Crippen molar-refractivity contribution in [2.75, 3.05) is 0 Å². The third kappa shape index (κ3) is 21.3. The molecule has 2 N–H and O–H groups in total. The fourth-order valence-electron chi connectivity index (χ4n) is 6.33. The Balaban J connectivity index is 5.38. The van der Waals surface area contributed by atoms with E-state index in [1.54, 1.807) is 0 Å². The lowest BCUT2D eigenvalue weighted by Crippen LogP contribution is -2.23. The van der Waals surface area contributed by atoms with Gasteiger partial charge in [-0.2, -0.15) is 0 Å². The number of hydrogen-bond donors (Lipinski definition) is 2. The molecule has 0 rings (SSSR count). The molecule has 0 bridgehead atoms. The minimum Gasteiger partial charge on any atom is -0.502 e. The number of aliphatic hydroxyl groups is 2. The maximum atomic E-state index is 10.1. The molecule has 5 atom stereocenters. The molecular weight excluding hydrogens is 492 g/mol. The SMILES string of the molecule is CCCCCCC(CCCC)CC(CC(O)=S)CC(C)C(CC(O)=S)CC(CCCC)CCCCCC. The molecule has 0 saturated heterocycles. The molecule has 0 aromatic heterocycles. The lowest BCUT2D eigenvalue weighted by atomic mass is 9.74. The Kier molecular flexibility index (Phi) is 24.6. The summed E-state index contributed by atoms with van der Waals surface area (Å²) in [4.78, 5) is 0. The van der Waals surface area contributed by atoms with E-state index >= 15 is 0 Å². The number of hydrogen-bond acceptors (Lipinski definition) is 2. The van der Waals surface area contributed by atoms with Crippen molar-refractivity contribution in [2.24, 2.45) is 29.6 Å². The van der Waals surface area contributed by atoms with Crippen LogP contribution < -0.4 is 0 Å². The van der Waals surface area contributed by atoms with Crippen LogP contribution in [-0.2, 0) is 0 Å². The molecule has 2 nitrogen and oxygen atoms in total. The second-order valence-corrected chi connectivity index (χ2v) is 13.2. The second-order valence-electron chi connectivity index (χ2n) is 12.2. The highest BCUT2D eigenvalue weighted by Crippen LogP contribution is 2.37. The largest absolute Gasteiger partial charge is 0.502 e. The van der Waals surface area contributed by atoms with E-state index in [-0.39, 0.29) is 10.1 Å². The first-order valence-corrected chi connectivity index (χ1v) is 17.0. The zero-order chi connectivity index (χ0) is 27.9. The van der Waals surface area contributed by atoms with Gasteiger partial charge in [0.1, 0.15) is 0 Å². The van der Waals surface area contributed by atoms with Crippen molar-refractivity contribution >= 4 is 34.5 Å². The molecule has 0 saturated carbocycles. The molecule has 0 heterocycles. The van der Waals surface area contributed by atoms with E-state index in [9.17, 15) is 10.2 Å². The van der Waals surface area contributed by atoms with Gasteiger partial charge >= 0.3 is 0 Å². The Morgan fingerprint density at radius 1 is 0.514 bits per heavy atom. The summed E-state index contributed by atoms with van der Waals surface area (Å²) < 4.78 is 0. The van der Waals surface area contributed by atoms with Gasteiger partial charge in [0.05, 0.1) is 0 Å². The van der Waals surface area contributed by atoms with Crippen LogP contribution in [0.2, 0.25) is 0 Å². The molecule has 37 heavy (non-hydrogen) atoms. The van der Waals surface area contributed by atoms with Crippen LogP contribution in [0.1, 0.15) is 169 Å². The lowest BCUT2D eigenvalue weighted by Gasteiger charge is -2.32. The maximum absolute atomic E-state index is 10.1. The Labute approximate surface area is 243 Å². The zero-order valence-electron chi connectivity index (χ0n) is 25.4. The van der Waals surface area contributed by atoms with E-state index in [2.05, 4.69) is 34.6 Å². The molecule has 5 unspecified atom stereocenters. The molecular formula is C33H64O2S2. The molecule has 0 fully saturated rings. The van der Waals surface area contributed by atoms with Gasteiger partial charge in [-0.05, 0) is 73.3 Å². The Morgan fingerprint density at radius 2 is 0.946 bits per heavy atom. The van der Waals surface area contributed by atoms with Crippen molar-refractivity contribution in [2.45, 2.75) is 169 Å². The van der Waals surface area contributed by atoms with Crippen LogP contribution in [0, 0.1) is 29.6 Å². The van der Waals surface area contributed by atoms with Crippen molar-refractivity contribution < 1.29 is 10.2 Å². The van der Waals surface area contributed by atoms with Crippen LogP contribution in [0.4, 0.5) is 0 Å². The van der Waals surface area contributed by atoms with Gasteiger partial charge in [0.15, 0.2) is 10.1 Å². The summed E-state index contributed by atoms with van der Waals surface area (Å²) in [6, 6.07) is 0. The Bertz CT molecular complexity index is 550. The molecule has 220 valence electrons. The van der Waals surface area contributed by atoms with Crippen molar-refractivity contribution in [1.29, 1.82) is 0 Å². The molecule has 0 radical (unpaired) electrons. The van der Waals surface area contributed by atoms with E-state index in [0.717, 1.165) is 18.3 Å². The van der Waals surface area contributed by atoms with Crippen molar-refractivity contribution in [1.82, 2.24) is 0 Å². The first kappa shape index (κ1) is 36.8. The fraction of sp³-hybridized carbons (Fsp3) is 0.939. The first-order valence-electron chi connectivity index (χ1n) is 16.2. The number of aliphatic hydroxyl groups excluding tert-OH is 2. The van der Waals surface area contributed by atoms with Crippen LogP contribution in [0.15, 0.2) is 0 Å². The molecule has 0 aliphatic rings. The fourth-order valence-corrected chi connectivity index (χ4v) is 6.78. The lowest BCUT2D eigenvalue weighted by molar-refractivity contribution is 0.207. The molecule has 0 aliphatic carbocycles. The quantitative estimate of drug-likeness (QED) is 0.0779. The monoisotopic (exact) mass is 556 g/mol. The van der Waals surface area contributed by atoms with Crippen LogP contribution >= 0.6 is 24.4 Å². The molecule has 4 heteroatoms. The van der Waals surface area contributed by atoms with Crippen LogP contribution in [0.3, 0.4) is 0 Å². The van der Waals surface area contributed by atoms with E-state index in [1.165, 1.54) is 116 Å². The summed E-state index contributed by atoms with van der Waals surface area (Å²) in [6.07, 6.45) is 25.6. The number of unbranched alkanes of at least 4 members (excludes halogenated alkanes) is 8. The topological polar surface area (TPSA) is 40.5 Å². The summed E-state index contributed by atoms with van der Waals surface area (Å²) in [5, 5.41) is 20.6. The predicted octanol–water partition coefficient (Wildman–Crippen LogP) is 12.1. The first-order chi connectivity index (χ1) is 17.8. The molecule has 0 aliphatic heterocycles. The summed E-state index contributed by atoms with van der Waals surface area (Å²) in [5.74, 6) is 2.77. The molecule has 0 aromatic carbocycles. The van der Waals surface area contributed by atoms with Gasteiger partial charge in [0.25, 0.3) is 0 Å². The van der Waals surface area contributed by atoms with Gasteiger partial charge < -0.3 is 10.2 Å². The van der Waals surface area contributed by atoms with Gasteiger partial charge in [0, 0.05) is 12.8 Å². The zero-order valence-corrected chi connectivity index (χ0v) is 27.1. The van der Waals surface area contributed by atoms with Crippen molar-refractivity contribution in [3.63, 3.8) is 0 Å². The number of thiocarbonyl (C=S) groups is 2. The smallest absolute Gasteiger partial charge is 0.156 e. The molecule has 0 aromatic rings. The highest BCUT2D eigenvalue weighted by molar-refractivity contribution is 7.80. The normalized spacial score (nSPS) is 15.7. The van der Waals surface area contributed by atoms with Crippen molar-refractivity contribution in [3.05, 3.63) is 0 Å². The summed E-state index contributed by atoms with van der Waals surface area (Å²) >= 11 is 10.4. The van der Waals surface area contributed by atoms with Crippen LogP contribution in [0.5, 0.6) is 0 Å². The number of rotatable bonds is 27. The van der Waals surface area contributed by atoms with Gasteiger partial charge in [-0.25, -0.2) is 0 Å². The average Bonchev–Trinajstić information content (AvgIpc) is 2.84. The summed E-state index contributed by atoms with van der Waals surface area (Å²) in [5.41, 5.74) is 0. The highest BCUT2D eigenvalue weighted by atomic mass is 32.1.